The Morgan fingerprint density at radius 3 is 2.03 bits per heavy atom. The van der Waals surface area contributed by atoms with E-state index in [4.69, 9.17) is 18.9 Å². The summed E-state index contributed by atoms with van der Waals surface area (Å²) in [6.45, 7) is 1.71. The molecular weight excluding hydrogens is 426 g/mol. The first-order valence-corrected chi connectivity index (χ1v) is 10.7. The molecule has 2 aromatic carbocycles. The summed E-state index contributed by atoms with van der Waals surface area (Å²) in [6.07, 6.45) is 3.50. The minimum Gasteiger partial charge on any atom is -0.459 e. The van der Waals surface area contributed by atoms with Crippen molar-refractivity contribution in [2.75, 3.05) is 13.2 Å². The van der Waals surface area contributed by atoms with Crippen LogP contribution in [0.4, 0.5) is 9.59 Å². The van der Waals surface area contributed by atoms with Gasteiger partial charge in [-0.05, 0) is 24.0 Å². The first-order valence-electron chi connectivity index (χ1n) is 10.7. The molecule has 1 amide bonds. The molecule has 0 fully saturated rings. The second-order valence-electron chi connectivity index (χ2n) is 6.93. The Balaban J connectivity index is 1.87. The molecule has 2 rings (SSSR count). The summed E-state index contributed by atoms with van der Waals surface area (Å²) in [6, 6.07) is 16.9. The van der Waals surface area contributed by atoms with Crippen LogP contribution >= 0.6 is 0 Å². The van der Waals surface area contributed by atoms with Crippen LogP contribution in [0.5, 0.6) is 0 Å². The predicted molar refractivity (Wildman–Crippen MR) is 121 cm³/mol. The summed E-state index contributed by atoms with van der Waals surface area (Å²) in [5, 5.41) is 2.38. The maximum Gasteiger partial charge on any atom is 0.508 e. The normalized spacial score (nSPS) is 11.4. The van der Waals surface area contributed by atoms with E-state index in [1.807, 2.05) is 55.5 Å². The monoisotopic (exact) mass is 455 g/mol. The van der Waals surface area contributed by atoms with Crippen molar-refractivity contribution >= 4 is 18.2 Å². The van der Waals surface area contributed by atoms with Crippen molar-refractivity contribution in [3.63, 3.8) is 0 Å². The van der Waals surface area contributed by atoms with Crippen LogP contribution in [0.1, 0.15) is 30.9 Å². The van der Waals surface area contributed by atoms with Crippen LogP contribution in [-0.4, -0.2) is 37.5 Å². The third kappa shape index (κ3) is 10.9. The third-order valence-corrected chi connectivity index (χ3v) is 4.29. The quantitative estimate of drug-likeness (QED) is 0.217. The van der Waals surface area contributed by atoms with Gasteiger partial charge in [0.2, 0.25) is 0 Å². The van der Waals surface area contributed by atoms with Gasteiger partial charge in [0.25, 0.3) is 0 Å². The van der Waals surface area contributed by atoms with Crippen molar-refractivity contribution in [1.82, 2.24) is 5.32 Å². The van der Waals surface area contributed by atoms with Crippen molar-refractivity contribution in [2.24, 2.45) is 0 Å². The molecule has 1 N–H and O–H groups in total. The van der Waals surface area contributed by atoms with Gasteiger partial charge in [-0.25, -0.2) is 14.4 Å². The third-order valence-electron chi connectivity index (χ3n) is 4.29. The molecule has 0 aliphatic rings. The smallest absolute Gasteiger partial charge is 0.459 e. The Morgan fingerprint density at radius 2 is 1.42 bits per heavy atom. The van der Waals surface area contributed by atoms with E-state index < -0.39 is 30.9 Å². The number of carbonyl (C=O) groups is 3. The number of amides is 1. The van der Waals surface area contributed by atoms with E-state index >= 15 is 0 Å². The number of rotatable bonds is 12. The van der Waals surface area contributed by atoms with Crippen LogP contribution in [-0.2, 0) is 37.0 Å². The van der Waals surface area contributed by atoms with Crippen LogP contribution in [0.25, 0.3) is 0 Å². The van der Waals surface area contributed by atoms with Gasteiger partial charge in [-0.1, -0.05) is 79.7 Å². The molecule has 2 aromatic rings. The van der Waals surface area contributed by atoms with Gasteiger partial charge in [0.15, 0.2) is 6.04 Å². The van der Waals surface area contributed by atoms with Crippen molar-refractivity contribution in [2.45, 2.75) is 39.0 Å². The summed E-state index contributed by atoms with van der Waals surface area (Å²) in [5.41, 5.74) is 1.56. The molecule has 1 unspecified atom stereocenters. The summed E-state index contributed by atoms with van der Waals surface area (Å²) in [5.74, 6) is -0.769. The lowest BCUT2D eigenvalue weighted by atomic mass is 10.2. The molecule has 176 valence electrons. The average molecular weight is 456 g/mol. The fourth-order valence-electron chi connectivity index (χ4n) is 2.59. The minimum atomic E-state index is -1.26. The number of hydrogen-bond donors (Lipinski definition) is 1. The average Bonchev–Trinajstić information content (AvgIpc) is 2.85. The number of ether oxygens (including phenoxy) is 4. The van der Waals surface area contributed by atoms with Gasteiger partial charge < -0.3 is 24.3 Å². The number of allylic oxidation sites excluding steroid dienone is 1. The Bertz CT molecular complexity index is 884. The minimum absolute atomic E-state index is 0.00509. The largest absolute Gasteiger partial charge is 0.508 e. The molecule has 0 saturated carbocycles. The number of carbonyl (C=O) groups excluding carboxylic acids is 3. The lowest BCUT2D eigenvalue weighted by molar-refractivity contribution is -0.148. The second-order valence-corrected chi connectivity index (χ2v) is 6.93. The van der Waals surface area contributed by atoms with Gasteiger partial charge in [-0.3, -0.25) is 0 Å². The van der Waals surface area contributed by atoms with Gasteiger partial charge in [0, 0.05) is 0 Å². The van der Waals surface area contributed by atoms with Gasteiger partial charge in [-0.15, -0.1) is 0 Å². The molecule has 0 aromatic heterocycles. The van der Waals surface area contributed by atoms with Crippen LogP contribution in [0, 0.1) is 0 Å². The Kier molecular flexibility index (Phi) is 11.6. The van der Waals surface area contributed by atoms with E-state index in [0.29, 0.717) is 6.42 Å². The highest BCUT2D eigenvalue weighted by Crippen LogP contribution is 2.05. The summed E-state index contributed by atoms with van der Waals surface area (Å²) in [7, 11) is 0. The van der Waals surface area contributed by atoms with Crippen molar-refractivity contribution < 1.29 is 33.3 Å². The predicted octanol–water partition coefficient (Wildman–Crippen LogP) is 4.53. The zero-order chi connectivity index (χ0) is 23.7. The molecule has 0 bridgehead atoms. The molecule has 0 spiro atoms. The standard InChI is InChI=1S/C25H29NO7/c1-2-3-4-11-16-30-25(29)33-19-22(23(27)31-17-20-12-7-5-8-13-20)26-24(28)32-18-21-14-9-6-10-15-21/h3-10,12-15,22H,2,11,16-19H2,1H3,(H,26,28)/b4-3+. The SMILES string of the molecule is CC/C=C/CCOC(=O)OCC(NC(=O)OCc1ccccc1)C(=O)OCc1ccccc1. The van der Waals surface area contributed by atoms with E-state index in [2.05, 4.69) is 5.32 Å². The molecule has 8 nitrogen and oxygen atoms in total. The number of esters is 1. The van der Waals surface area contributed by atoms with Crippen molar-refractivity contribution in [3.8, 4) is 0 Å². The number of benzene rings is 2. The highest BCUT2D eigenvalue weighted by atomic mass is 16.7. The lowest BCUT2D eigenvalue weighted by Crippen LogP contribution is -2.45. The summed E-state index contributed by atoms with van der Waals surface area (Å²) < 4.78 is 20.3. The summed E-state index contributed by atoms with van der Waals surface area (Å²) >= 11 is 0. The Hall–Kier alpha value is -3.81. The van der Waals surface area contributed by atoms with Gasteiger partial charge >= 0.3 is 18.2 Å². The van der Waals surface area contributed by atoms with E-state index in [9.17, 15) is 14.4 Å². The molecule has 0 saturated heterocycles. The van der Waals surface area contributed by atoms with Crippen molar-refractivity contribution in [1.29, 1.82) is 0 Å². The van der Waals surface area contributed by atoms with Crippen LogP contribution in [0.2, 0.25) is 0 Å². The van der Waals surface area contributed by atoms with Gasteiger partial charge in [-0.2, -0.15) is 0 Å². The molecule has 8 heteroatoms. The lowest BCUT2D eigenvalue weighted by Gasteiger charge is -2.17. The zero-order valence-electron chi connectivity index (χ0n) is 18.6. The molecule has 1 atom stereocenters. The van der Waals surface area contributed by atoms with Gasteiger partial charge in [0.05, 0.1) is 6.61 Å². The van der Waals surface area contributed by atoms with Crippen molar-refractivity contribution in [3.05, 3.63) is 83.9 Å². The Morgan fingerprint density at radius 1 is 0.818 bits per heavy atom. The fraction of sp³-hybridized carbons (Fsp3) is 0.320. The number of hydrogen-bond acceptors (Lipinski definition) is 7. The van der Waals surface area contributed by atoms with Crippen LogP contribution < -0.4 is 5.32 Å². The molecular formula is C25H29NO7. The first kappa shape index (κ1) is 25.5. The highest BCUT2D eigenvalue weighted by Gasteiger charge is 2.25. The van der Waals surface area contributed by atoms with Crippen LogP contribution in [0.15, 0.2) is 72.8 Å². The molecule has 0 aliphatic heterocycles. The first-order chi connectivity index (χ1) is 16.1. The molecule has 0 radical (unpaired) electrons. The van der Waals surface area contributed by atoms with E-state index in [1.165, 1.54) is 0 Å². The number of alkyl carbamates (subject to hydrolysis) is 1. The number of nitrogens with one attached hydrogen (secondary N) is 1. The molecule has 0 heterocycles. The second kappa shape index (κ2) is 15.1. The topological polar surface area (TPSA) is 100 Å². The van der Waals surface area contributed by atoms with Gasteiger partial charge in [0.1, 0.15) is 19.8 Å². The van der Waals surface area contributed by atoms with E-state index in [-0.39, 0.29) is 19.8 Å². The molecule has 33 heavy (non-hydrogen) atoms. The maximum absolute atomic E-state index is 12.5. The summed E-state index contributed by atoms with van der Waals surface area (Å²) in [4.78, 5) is 36.6. The zero-order valence-corrected chi connectivity index (χ0v) is 18.6. The van der Waals surface area contributed by atoms with E-state index in [1.54, 1.807) is 24.3 Å². The molecule has 0 aliphatic carbocycles. The van der Waals surface area contributed by atoms with Crippen LogP contribution in [0.3, 0.4) is 0 Å². The fourth-order valence-corrected chi connectivity index (χ4v) is 2.59. The highest BCUT2D eigenvalue weighted by molar-refractivity contribution is 5.81. The maximum atomic E-state index is 12.5. The Labute approximate surface area is 193 Å². The van der Waals surface area contributed by atoms with E-state index in [0.717, 1.165) is 17.5 Å².